The summed E-state index contributed by atoms with van der Waals surface area (Å²) in [5.41, 5.74) is 7.10. The van der Waals surface area contributed by atoms with Gasteiger partial charge < -0.3 is 4.42 Å². The van der Waals surface area contributed by atoms with Gasteiger partial charge in [0.15, 0.2) is 0 Å². The number of furan rings is 1. The summed E-state index contributed by atoms with van der Waals surface area (Å²) in [5, 5.41) is 10.1. The van der Waals surface area contributed by atoms with E-state index in [-0.39, 0.29) is 0 Å². The Morgan fingerprint density at radius 2 is 1.15 bits per heavy atom. The Labute approximate surface area is 199 Å². The van der Waals surface area contributed by atoms with Crippen LogP contribution in [-0.2, 0) is 0 Å². The summed E-state index contributed by atoms with van der Waals surface area (Å²) in [6.45, 7) is 1.94. The van der Waals surface area contributed by atoms with E-state index in [1.807, 2.05) is 97.9 Å². The number of benzene rings is 4. The summed E-state index contributed by atoms with van der Waals surface area (Å²) in [5.74, 6) is 0.971. The lowest BCUT2D eigenvalue weighted by molar-refractivity contribution is 0.592. The molecule has 0 spiro atoms. The predicted molar refractivity (Wildman–Crippen MR) is 138 cm³/mol. The second-order valence-corrected chi connectivity index (χ2v) is 7.97. The van der Waals surface area contributed by atoms with E-state index in [0.29, 0.717) is 17.2 Å². The fourth-order valence-electron chi connectivity index (χ4n) is 4.03. The highest BCUT2D eigenvalue weighted by Gasteiger charge is 2.23. The van der Waals surface area contributed by atoms with E-state index in [4.69, 9.17) is 9.41 Å². The van der Waals surface area contributed by atoms with Crippen molar-refractivity contribution in [2.24, 2.45) is 4.99 Å². The van der Waals surface area contributed by atoms with Gasteiger partial charge in [-0.2, -0.15) is 5.26 Å². The Morgan fingerprint density at radius 3 is 1.71 bits per heavy atom. The molecular weight excluding hydrogens is 416 g/mol. The van der Waals surface area contributed by atoms with Crippen molar-refractivity contribution in [3.05, 3.63) is 126 Å². The van der Waals surface area contributed by atoms with Crippen LogP contribution in [0.25, 0.3) is 33.6 Å². The highest BCUT2D eigenvalue weighted by Crippen LogP contribution is 2.42. The number of aliphatic imine (C=N–C) groups is 1. The zero-order valence-electron chi connectivity index (χ0n) is 18.8. The van der Waals surface area contributed by atoms with Crippen LogP contribution in [0.5, 0.6) is 0 Å². The Hall–Kier alpha value is -4.68. The topological polar surface area (TPSA) is 49.3 Å². The molecule has 0 atom stereocenters. The molecule has 0 N–H and O–H groups in total. The third-order valence-corrected chi connectivity index (χ3v) is 5.78. The maximum absolute atomic E-state index is 10.1. The first-order chi connectivity index (χ1) is 16.7. The largest absolute Gasteiger partial charge is 0.436 e. The molecule has 34 heavy (non-hydrogen) atoms. The van der Waals surface area contributed by atoms with Gasteiger partial charge >= 0.3 is 0 Å². The minimum Gasteiger partial charge on any atom is -0.436 e. The average molecular weight is 439 g/mol. The van der Waals surface area contributed by atoms with Gasteiger partial charge in [-0.3, -0.25) is 0 Å². The van der Waals surface area contributed by atoms with Crippen LogP contribution < -0.4 is 0 Å². The van der Waals surface area contributed by atoms with Crippen molar-refractivity contribution >= 4 is 11.6 Å². The van der Waals surface area contributed by atoms with Gasteiger partial charge in [-0.25, -0.2) is 4.99 Å². The lowest BCUT2D eigenvalue weighted by Crippen LogP contribution is -1.94. The summed E-state index contributed by atoms with van der Waals surface area (Å²) in [7, 11) is 0. The first-order valence-electron chi connectivity index (χ1n) is 11.1. The smallest absolute Gasteiger partial charge is 0.238 e. The highest BCUT2D eigenvalue weighted by atomic mass is 16.4. The van der Waals surface area contributed by atoms with Crippen molar-refractivity contribution in [1.29, 1.82) is 5.26 Å². The van der Waals surface area contributed by atoms with Crippen LogP contribution in [0, 0.1) is 11.3 Å². The molecule has 5 rings (SSSR count). The number of nitrogens with zero attached hydrogens (tertiary/aromatic N) is 2. The van der Waals surface area contributed by atoms with Gasteiger partial charge in [0.25, 0.3) is 0 Å². The van der Waals surface area contributed by atoms with E-state index in [9.17, 15) is 5.26 Å². The van der Waals surface area contributed by atoms with Crippen molar-refractivity contribution in [3.8, 4) is 39.6 Å². The molecule has 1 heterocycles. The summed E-state index contributed by atoms with van der Waals surface area (Å²) in [6.07, 6.45) is 0. The highest BCUT2D eigenvalue weighted by molar-refractivity contribution is 6.01. The van der Waals surface area contributed by atoms with E-state index in [1.54, 1.807) is 0 Å². The SMILES string of the molecule is C/C(=N/c1oc(-c2ccccc2)c(-c2ccccc2)c1C#N)c1ccc(-c2ccccc2)cc1. The summed E-state index contributed by atoms with van der Waals surface area (Å²) < 4.78 is 6.25. The minimum atomic E-state index is 0.324. The molecular formula is C31H22N2O. The van der Waals surface area contributed by atoms with Crippen LogP contribution >= 0.6 is 0 Å². The Morgan fingerprint density at radius 1 is 0.647 bits per heavy atom. The third-order valence-electron chi connectivity index (χ3n) is 5.78. The Balaban J connectivity index is 1.59. The van der Waals surface area contributed by atoms with Crippen LogP contribution in [0.1, 0.15) is 18.1 Å². The van der Waals surface area contributed by atoms with Crippen molar-refractivity contribution in [2.75, 3.05) is 0 Å². The summed E-state index contributed by atoms with van der Waals surface area (Å²) >= 11 is 0. The zero-order chi connectivity index (χ0) is 23.3. The van der Waals surface area contributed by atoms with Crippen LogP contribution in [0.15, 0.2) is 125 Å². The maximum atomic E-state index is 10.1. The summed E-state index contributed by atoms with van der Waals surface area (Å²) in [6, 6.07) is 40.6. The first kappa shape index (κ1) is 21.2. The molecule has 162 valence electrons. The molecule has 0 radical (unpaired) electrons. The molecule has 5 aromatic rings. The second kappa shape index (κ2) is 9.44. The van der Waals surface area contributed by atoms with Crippen LogP contribution in [0.2, 0.25) is 0 Å². The van der Waals surface area contributed by atoms with Crippen LogP contribution in [0.4, 0.5) is 5.88 Å². The van der Waals surface area contributed by atoms with Crippen molar-refractivity contribution in [1.82, 2.24) is 0 Å². The molecule has 0 fully saturated rings. The average Bonchev–Trinajstić information content (AvgIpc) is 3.28. The lowest BCUT2D eigenvalue weighted by atomic mass is 9.98. The monoisotopic (exact) mass is 438 g/mol. The second-order valence-electron chi connectivity index (χ2n) is 7.97. The Kier molecular flexibility index (Phi) is 5.88. The van der Waals surface area contributed by atoms with Gasteiger partial charge in [-0.1, -0.05) is 115 Å². The van der Waals surface area contributed by atoms with Gasteiger partial charge in [-0.05, 0) is 29.2 Å². The number of hydrogen-bond donors (Lipinski definition) is 0. The van der Waals surface area contributed by atoms with E-state index >= 15 is 0 Å². The molecule has 4 aromatic carbocycles. The van der Waals surface area contributed by atoms with Crippen LogP contribution in [-0.4, -0.2) is 5.71 Å². The van der Waals surface area contributed by atoms with Gasteiger partial charge in [0, 0.05) is 16.8 Å². The quantitative estimate of drug-likeness (QED) is 0.259. The van der Waals surface area contributed by atoms with E-state index in [1.165, 1.54) is 5.56 Å². The van der Waals surface area contributed by atoms with E-state index < -0.39 is 0 Å². The van der Waals surface area contributed by atoms with Gasteiger partial charge in [0.05, 0.1) is 0 Å². The third kappa shape index (κ3) is 4.18. The van der Waals surface area contributed by atoms with Gasteiger partial charge in [0.2, 0.25) is 5.88 Å². The van der Waals surface area contributed by atoms with Crippen molar-refractivity contribution in [3.63, 3.8) is 0 Å². The van der Waals surface area contributed by atoms with E-state index in [2.05, 4.69) is 30.3 Å². The maximum Gasteiger partial charge on any atom is 0.238 e. The predicted octanol–water partition coefficient (Wildman–Crippen LogP) is 8.29. The lowest BCUT2D eigenvalue weighted by Gasteiger charge is -2.04. The molecule has 0 aliphatic heterocycles. The van der Waals surface area contributed by atoms with Crippen LogP contribution in [0.3, 0.4) is 0 Å². The zero-order valence-corrected chi connectivity index (χ0v) is 18.8. The van der Waals surface area contributed by atoms with Gasteiger partial charge in [0.1, 0.15) is 17.4 Å². The fraction of sp³-hybridized carbons (Fsp3) is 0.0323. The normalized spacial score (nSPS) is 11.2. The molecule has 1 aromatic heterocycles. The Bertz CT molecular complexity index is 1470. The fourth-order valence-corrected chi connectivity index (χ4v) is 4.03. The number of nitriles is 1. The summed E-state index contributed by atoms with van der Waals surface area (Å²) in [4.78, 5) is 4.76. The number of hydrogen-bond acceptors (Lipinski definition) is 3. The first-order valence-corrected chi connectivity index (χ1v) is 11.1. The molecule has 0 aliphatic rings. The molecule has 0 bridgehead atoms. The molecule has 3 nitrogen and oxygen atoms in total. The molecule has 0 unspecified atom stereocenters. The van der Waals surface area contributed by atoms with E-state index in [0.717, 1.165) is 33.5 Å². The van der Waals surface area contributed by atoms with Crippen molar-refractivity contribution in [2.45, 2.75) is 6.92 Å². The standard InChI is InChI=1S/C31H22N2O/c1-22(23-17-19-25(20-18-23)24-11-5-2-6-12-24)33-31-28(21-32)29(26-13-7-3-8-14-26)30(34-31)27-15-9-4-10-16-27/h2-20H,1H3/b33-22-. The molecule has 3 heteroatoms. The number of rotatable bonds is 5. The molecule has 0 saturated heterocycles. The van der Waals surface area contributed by atoms with Gasteiger partial charge in [-0.15, -0.1) is 0 Å². The molecule has 0 amide bonds. The minimum absolute atomic E-state index is 0.324. The molecule has 0 aliphatic carbocycles. The molecule has 0 saturated carbocycles. The van der Waals surface area contributed by atoms with Crippen molar-refractivity contribution < 1.29 is 4.42 Å².